The molecule has 1 aliphatic rings. The topological polar surface area (TPSA) is 74.0 Å². The second-order valence-electron chi connectivity index (χ2n) is 8.31. The number of alkyl halides is 2. The number of nitroso groups, excluding NO2 is 1. The minimum atomic E-state index is -3.61. The van der Waals surface area contributed by atoms with Gasteiger partial charge in [0, 0.05) is 62.2 Å². The Balaban J connectivity index is 0.00000450. The standard InChI is InChI=1S/C19H30Cl2N4O3P.ClH/c1-18(2)14-16(15-19(3,4)25(18)26)22-23-29(27,24(12-10-20)13-11-21)28-17-8-6-5-7-9-17;/h5-9H,10-15H2,1-4H3,(H,23,27);1H/q+1;/p-1. The van der Waals surface area contributed by atoms with E-state index in [-0.39, 0.29) is 24.2 Å². The van der Waals surface area contributed by atoms with Gasteiger partial charge in [0.1, 0.15) is 5.75 Å². The Kier molecular flexibility index (Phi) is 10.1. The van der Waals surface area contributed by atoms with Gasteiger partial charge in [-0.25, -0.2) is 14.4 Å². The van der Waals surface area contributed by atoms with Crippen molar-refractivity contribution in [2.24, 2.45) is 5.10 Å². The van der Waals surface area contributed by atoms with E-state index in [0.717, 1.165) is 10.5 Å². The second kappa shape index (κ2) is 11.1. The van der Waals surface area contributed by atoms with Gasteiger partial charge < -0.3 is 16.9 Å². The maximum Gasteiger partial charge on any atom is 0.435 e. The normalized spacial score (nSPS) is 19.6. The van der Waals surface area contributed by atoms with Gasteiger partial charge in [-0.3, -0.25) is 0 Å². The lowest BCUT2D eigenvalue weighted by atomic mass is 9.81. The maximum atomic E-state index is 13.8. The molecule has 1 saturated heterocycles. The number of nitrogens with one attached hydrogen (secondary N) is 1. The van der Waals surface area contributed by atoms with Crippen molar-refractivity contribution in [2.45, 2.75) is 51.6 Å². The third-order valence-electron chi connectivity index (χ3n) is 4.74. The first-order valence-corrected chi connectivity index (χ1v) is 12.2. The van der Waals surface area contributed by atoms with E-state index in [4.69, 9.17) is 27.7 Å². The summed E-state index contributed by atoms with van der Waals surface area (Å²) in [6.45, 7) is 8.16. The van der Waals surface area contributed by atoms with Gasteiger partial charge >= 0.3 is 7.67 Å². The van der Waals surface area contributed by atoms with Crippen LogP contribution in [0.5, 0.6) is 5.75 Å². The lowest BCUT2D eigenvalue weighted by Gasteiger charge is -2.33. The molecule has 1 heterocycles. The molecule has 0 aromatic heterocycles. The third kappa shape index (κ3) is 6.83. The summed E-state index contributed by atoms with van der Waals surface area (Å²) in [4.78, 5) is 12.6. The van der Waals surface area contributed by atoms with Crippen LogP contribution in [0.25, 0.3) is 0 Å². The molecule has 0 amide bonds. The first-order chi connectivity index (χ1) is 13.5. The number of rotatable bonds is 9. The Labute approximate surface area is 195 Å². The van der Waals surface area contributed by atoms with Crippen molar-refractivity contribution in [3.63, 3.8) is 0 Å². The van der Waals surface area contributed by atoms with Crippen LogP contribution in [-0.4, -0.2) is 51.1 Å². The molecule has 30 heavy (non-hydrogen) atoms. The summed E-state index contributed by atoms with van der Waals surface area (Å²) in [5, 5.41) is 7.23. The van der Waals surface area contributed by atoms with Crippen molar-refractivity contribution in [1.82, 2.24) is 9.87 Å². The highest BCUT2D eigenvalue weighted by Gasteiger charge is 2.52. The van der Waals surface area contributed by atoms with Crippen molar-refractivity contribution < 1.29 is 26.3 Å². The van der Waals surface area contributed by atoms with Crippen LogP contribution < -0.4 is 22.1 Å². The van der Waals surface area contributed by atoms with Crippen molar-refractivity contribution in [2.75, 3.05) is 24.8 Å². The number of benzene rings is 1. The van der Waals surface area contributed by atoms with E-state index in [1.165, 1.54) is 0 Å². The van der Waals surface area contributed by atoms with E-state index in [0.29, 0.717) is 31.7 Å². The number of hydrazone groups is 1. The number of nitrogens with zero attached hydrogens (tertiary/aromatic N) is 3. The Morgan fingerprint density at radius 2 is 1.60 bits per heavy atom. The molecule has 1 aliphatic heterocycles. The summed E-state index contributed by atoms with van der Waals surface area (Å²) >= 11 is 11.8. The molecule has 7 nitrogen and oxygen atoms in total. The largest absolute Gasteiger partial charge is 1.00 e. The Bertz CT molecular complexity index is 762. The fourth-order valence-electron chi connectivity index (χ4n) is 3.57. The summed E-state index contributed by atoms with van der Waals surface area (Å²) in [6, 6.07) is 8.90. The van der Waals surface area contributed by atoms with Crippen LogP contribution in [0.15, 0.2) is 35.4 Å². The van der Waals surface area contributed by atoms with Crippen molar-refractivity contribution >= 4 is 36.6 Å². The number of para-hydroxylation sites is 1. The first kappa shape index (κ1) is 27.2. The highest BCUT2D eigenvalue weighted by molar-refractivity contribution is 7.54. The maximum absolute atomic E-state index is 13.8. The summed E-state index contributed by atoms with van der Waals surface area (Å²) < 4.78 is 22.4. The smallest absolute Gasteiger partial charge is 0.435 e. The van der Waals surface area contributed by atoms with Gasteiger partial charge in [-0.2, -0.15) is 5.10 Å². The molecule has 11 heteroatoms. The van der Waals surface area contributed by atoms with Gasteiger partial charge in [-0.05, 0) is 12.1 Å². The summed E-state index contributed by atoms with van der Waals surface area (Å²) in [5.41, 5.74) is -0.461. The molecule has 0 radical (unpaired) electrons. The van der Waals surface area contributed by atoms with E-state index in [2.05, 4.69) is 10.3 Å². The molecule has 1 aromatic carbocycles. The summed E-state index contributed by atoms with van der Waals surface area (Å²) in [6.07, 6.45) is 0.923. The van der Waals surface area contributed by atoms with E-state index in [1.54, 1.807) is 28.9 Å². The Hall–Kier alpha value is -0.850. The predicted octanol–water partition coefficient (Wildman–Crippen LogP) is 2.03. The molecule has 0 spiro atoms. The molecule has 1 unspecified atom stereocenters. The van der Waals surface area contributed by atoms with Crippen LogP contribution in [0, 0.1) is 4.91 Å². The first-order valence-electron chi connectivity index (χ1n) is 9.56. The Morgan fingerprint density at radius 1 is 1.10 bits per heavy atom. The molecule has 1 fully saturated rings. The van der Waals surface area contributed by atoms with Gasteiger partial charge in [0.25, 0.3) is 0 Å². The molecular weight excluding hydrogens is 470 g/mol. The number of piperidine rings is 1. The lowest BCUT2D eigenvalue weighted by Crippen LogP contribution is -3.00. The van der Waals surface area contributed by atoms with Crippen LogP contribution in [0.1, 0.15) is 40.5 Å². The summed E-state index contributed by atoms with van der Waals surface area (Å²) in [7, 11) is -3.61. The average molecular weight is 500 g/mol. The SMILES string of the molecule is CC1(C)CC(=NNP(=O)(Oc2ccccc2)N(CCCl)CCCl)CC(C)(C)[N+]1=O.[Cl-]. The Morgan fingerprint density at radius 3 is 2.07 bits per heavy atom. The molecule has 0 aliphatic carbocycles. The molecule has 1 aromatic rings. The van der Waals surface area contributed by atoms with E-state index < -0.39 is 18.7 Å². The number of halogens is 3. The quantitative estimate of drug-likeness (QED) is 0.244. The summed E-state index contributed by atoms with van der Waals surface area (Å²) in [5.74, 6) is 0.984. The van der Waals surface area contributed by atoms with Gasteiger partial charge in [0.05, 0.1) is 18.6 Å². The monoisotopic (exact) mass is 498 g/mol. The molecule has 0 saturated carbocycles. The lowest BCUT2D eigenvalue weighted by molar-refractivity contribution is -0.683. The van der Waals surface area contributed by atoms with Gasteiger partial charge in [0.15, 0.2) is 0 Å². The predicted molar refractivity (Wildman–Crippen MR) is 119 cm³/mol. The molecule has 1 N–H and O–H groups in total. The number of hydrogen-bond acceptors (Lipinski definition) is 4. The minimum absolute atomic E-state index is 0. The molecule has 2 rings (SSSR count). The highest BCUT2D eigenvalue weighted by atomic mass is 35.5. The zero-order valence-corrected chi connectivity index (χ0v) is 20.9. The molecule has 1 atom stereocenters. The van der Waals surface area contributed by atoms with Crippen LogP contribution in [0.2, 0.25) is 0 Å². The van der Waals surface area contributed by atoms with Gasteiger partial charge in [-0.1, -0.05) is 18.2 Å². The zero-order valence-electron chi connectivity index (χ0n) is 17.8. The van der Waals surface area contributed by atoms with Crippen molar-refractivity contribution in [3.05, 3.63) is 35.2 Å². The van der Waals surface area contributed by atoms with Crippen LogP contribution in [0.3, 0.4) is 0 Å². The minimum Gasteiger partial charge on any atom is -1.00 e. The van der Waals surface area contributed by atoms with E-state index >= 15 is 0 Å². The van der Waals surface area contributed by atoms with E-state index in [9.17, 15) is 9.47 Å². The number of hydrogen-bond donors (Lipinski definition) is 1. The average Bonchev–Trinajstić information content (AvgIpc) is 2.65. The fraction of sp³-hybridized carbons (Fsp3) is 0.632. The van der Waals surface area contributed by atoms with Gasteiger partial charge in [-0.15, -0.1) is 23.2 Å². The van der Waals surface area contributed by atoms with Crippen molar-refractivity contribution in [1.29, 1.82) is 0 Å². The van der Waals surface area contributed by atoms with Crippen LogP contribution in [-0.2, 0) is 4.57 Å². The van der Waals surface area contributed by atoms with E-state index in [1.807, 2.05) is 33.8 Å². The fourth-order valence-corrected chi connectivity index (χ4v) is 5.90. The highest BCUT2D eigenvalue weighted by Crippen LogP contribution is 2.47. The molecular formula is C19H30Cl3N4O3P. The molecule has 170 valence electrons. The zero-order chi connectivity index (χ0) is 21.7. The second-order valence-corrected chi connectivity index (χ2v) is 11.1. The van der Waals surface area contributed by atoms with Gasteiger partial charge in [0.2, 0.25) is 11.1 Å². The van der Waals surface area contributed by atoms with Crippen LogP contribution >= 0.6 is 30.9 Å². The molecule has 0 bridgehead atoms. The van der Waals surface area contributed by atoms with Crippen molar-refractivity contribution in [3.8, 4) is 5.75 Å². The van der Waals surface area contributed by atoms with Crippen LogP contribution in [0.4, 0.5) is 0 Å². The third-order valence-corrected chi connectivity index (χ3v) is 7.03.